The molecule has 1 heterocycles. The number of hydrogen-bond donors (Lipinski definition) is 0. The minimum absolute atomic E-state index is 0.0650. The normalized spacial score (nSPS) is 11.0. The molecule has 0 N–H and O–H groups in total. The van der Waals surface area contributed by atoms with Crippen LogP contribution in [0.25, 0.3) is 10.2 Å². The van der Waals surface area contributed by atoms with E-state index in [2.05, 4.69) is 0 Å². The summed E-state index contributed by atoms with van der Waals surface area (Å²) >= 11 is 7.87. The summed E-state index contributed by atoms with van der Waals surface area (Å²) in [5, 5.41) is 1.32. The van der Waals surface area contributed by atoms with E-state index in [1.165, 1.54) is 16.9 Å². The lowest BCUT2D eigenvalue weighted by atomic mass is 10.1. The number of aryl methyl sites for hydroxylation is 3. The van der Waals surface area contributed by atoms with E-state index in [1.807, 2.05) is 81.4 Å². The molecule has 0 fully saturated rings. The molecule has 0 saturated heterocycles. The van der Waals surface area contributed by atoms with Crippen LogP contribution in [-0.4, -0.2) is 10.9 Å². The molecule has 3 aromatic carbocycles. The molecule has 146 valence electrons. The molecule has 0 bridgehead atoms. The highest BCUT2D eigenvalue weighted by Gasteiger charge is 2.23. The Kier molecular flexibility index (Phi) is 5.39. The molecule has 0 atom stereocenters. The van der Waals surface area contributed by atoms with E-state index >= 15 is 0 Å². The van der Waals surface area contributed by atoms with Crippen molar-refractivity contribution in [3.63, 3.8) is 0 Å². The van der Waals surface area contributed by atoms with Gasteiger partial charge in [-0.15, -0.1) is 0 Å². The molecule has 0 unspecified atom stereocenters. The van der Waals surface area contributed by atoms with Crippen molar-refractivity contribution in [2.75, 3.05) is 4.90 Å². The molecule has 0 radical (unpaired) electrons. The van der Waals surface area contributed by atoms with Gasteiger partial charge in [0, 0.05) is 5.56 Å². The van der Waals surface area contributed by atoms with Crippen LogP contribution in [0.3, 0.4) is 0 Å². The monoisotopic (exact) mass is 420 g/mol. The number of amides is 1. The standard InChI is InChI=1S/C24H21ClN2OS/c1-15-9-11-19(13-17(15)3)23(28)27(14-18-7-5-4-6-8-18)24-26-21-16(2)10-12-20(25)22(21)29-24/h4-13H,14H2,1-3H3. The van der Waals surface area contributed by atoms with Crippen LogP contribution in [-0.2, 0) is 6.54 Å². The van der Waals surface area contributed by atoms with Gasteiger partial charge in [-0.1, -0.05) is 65.4 Å². The van der Waals surface area contributed by atoms with Gasteiger partial charge in [-0.3, -0.25) is 9.69 Å². The fourth-order valence-electron chi connectivity index (χ4n) is 3.23. The number of thiazole rings is 1. The maximum Gasteiger partial charge on any atom is 0.260 e. The summed E-state index contributed by atoms with van der Waals surface area (Å²) in [6.07, 6.45) is 0. The maximum absolute atomic E-state index is 13.5. The van der Waals surface area contributed by atoms with Crippen LogP contribution in [0.2, 0.25) is 5.02 Å². The largest absolute Gasteiger partial charge is 0.279 e. The number of aromatic nitrogens is 1. The van der Waals surface area contributed by atoms with E-state index < -0.39 is 0 Å². The molecule has 0 saturated carbocycles. The number of halogens is 1. The average molecular weight is 421 g/mol. The molecule has 4 rings (SSSR count). The number of anilines is 1. The van der Waals surface area contributed by atoms with Crippen molar-refractivity contribution in [3.05, 3.63) is 93.5 Å². The van der Waals surface area contributed by atoms with Crippen LogP contribution < -0.4 is 4.90 Å². The van der Waals surface area contributed by atoms with Crippen LogP contribution in [0.15, 0.2) is 60.7 Å². The number of fused-ring (bicyclic) bond motifs is 1. The molecule has 0 spiro atoms. The topological polar surface area (TPSA) is 33.2 Å². The molecule has 0 aliphatic carbocycles. The molecule has 29 heavy (non-hydrogen) atoms. The Morgan fingerprint density at radius 2 is 1.69 bits per heavy atom. The molecule has 3 nitrogen and oxygen atoms in total. The zero-order valence-electron chi connectivity index (χ0n) is 16.6. The van der Waals surface area contributed by atoms with Gasteiger partial charge in [-0.05, 0) is 61.2 Å². The Morgan fingerprint density at radius 1 is 0.966 bits per heavy atom. The first-order valence-corrected chi connectivity index (χ1v) is 10.6. The first-order valence-electron chi connectivity index (χ1n) is 9.42. The number of carbonyl (C=O) groups is 1. The Labute approximate surface area is 179 Å². The molecule has 0 aliphatic rings. The molecule has 1 aromatic heterocycles. The van der Waals surface area contributed by atoms with Crippen molar-refractivity contribution in [1.82, 2.24) is 4.98 Å². The third-order valence-electron chi connectivity index (χ3n) is 5.10. The first-order chi connectivity index (χ1) is 13.9. The third-order valence-corrected chi connectivity index (χ3v) is 6.64. The van der Waals surface area contributed by atoms with Crippen molar-refractivity contribution in [3.8, 4) is 0 Å². The summed E-state index contributed by atoms with van der Waals surface area (Å²) in [7, 11) is 0. The summed E-state index contributed by atoms with van der Waals surface area (Å²) in [5.74, 6) is -0.0650. The van der Waals surface area contributed by atoms with Crippen LogP contribution in [0.5, 0.6) is 0 Å². The van der Waals surface area contributed by atoms with E-state index in [9.17, 15) is 4.79 Å². The molecule has 0 aliphatic heterocycles. The second-order valence-corrected chi connectivity index (χ2v) is 8.60. The Hall–Kier alpha value is -2.69. The lowest BCUT2D eigenvalue weighted by Crippen LogP contribution is -2.30. The fourth-order valence-corrected chi connectivity index (χ4v) is 4.54. The minimum atomic E-state index is -0.0650. The van der Waals surface area contributed by atoms with Gasteiger partial charge in [-0.2, -0.15) is 0 Å². The number of benzene rings is 3. The second kappa shape index (κ2) is 7.97. The zero-order chi connectivity index (χ0) is 20.5. The second-order valence-electron chi connectivity index (χ2n) is 7.21. The molecular formula is C24H21ClN2OS. The van der Waals surface area contributed by atoms with Crippen LogP contribution in [0, 0.1) is 20.8 Å². The van der Waals surface area contributed by atoms with Gasteiger partial charge in [0.2, 0.25) is 0 Å². The van der Waals surface area contributed by atoms with Crippen LogP contribution >= 0.6 is 22.9 Å². The van der Waals surface area contributed by atoms with E-state index in [0.29, 0.717) is 22.3 Å². The van der Waals surface area contributed by atoms with E-state index in [1.54, 1.807) is 4.90 Å². The summed E-state index contributed by atoms with van der Waals surface area (Å²) < 4.78 is 0.910. The lowest BCUT2D eigenvalue weighted by Gasteiger charge is -2.20. The highest BCUT2D eigenvalue weighted by atomic mass is 35.5. The molecule has 1 amide bonds. The smallest absolute Gasteiger partial charge is 0.260 e. The Morgan fingerprint density at radius 3 is 2.38 bits per heavy atom. The minimum Gasteiger partial charge on any atom is -0.279 e. The van der Waals surface area contributed by atoms with Crippen LogP contribution in [0.4, 0.5) is 5.13 Å². The summed E-state index contributed by atoms with van der Waals surface area (Å²) in [5.41, 5.74) is 5.86. The highest BCUT2D eigenvalue weighted by molar-refractivity contribution is 7.23. The Bertz CT molecular complexity index is 1160. The Balaban J connectivity index is 1.82. The lowest BCUT2D eigenvalue weighted by molar-refractivity contribution is 0.0985. The van der Waals surface area contributed by atoms with Gasteiger partial charge < -0.3 is 0 Å². The number of rotatable bonds is 4. The van der Waals surface area contributed by atoms with Gasteiger partial charge in [-0.25, -0.2) is 4.98 Å². The predicted molar refractivity (Wildman–Crippen MR) is 122 cm³/mol. The van der Waals surface area contributed by atoms with Gasteiger partial charge in [0.1, 0.15) is 0 Å². The van der Waals surface area contributed by atoms with Gasteiger partial charge in [0.25, 0.3) is 5.91 Å². The molecule has 5 heteroatoms. The number of nitrogens with zero attached hydrogens (tertiary/aromatic N) is 2. The molecular weight excluding hydrogens is 400 g/mol. The first kappa shape index (κ1) is 19.6. The predicted octanol–water partition coefficient (Wildman–Crippen LogP) is 6.72. The SMILES string of the molecule is Cc1ccc(C(=O)N(Cc2ccccc2)c2nc3c(C)ccc(Cl)c3s2)cc1C. The van der Waals surface area contributed by atoms with Crippen molar-refractivity contribution in [2.45, 2.75) is 27.3 Å². The van der Waals surface area contributed by atoms with E-state index in [-0.39, 0.29) is 5.91 Å². The van der Waals surface area contributed by atoms with Crippen LogP contribution in [0.1, 0.15) is 32.6 Å². The van der Waals surface area contributed by atoms with Crippen molar-refractivity contribution in [2.24, 2.45) is 0 Å². The van der Waals surface area contributed by atoms with E-state index in [4.69, 9.17) is 16.6 Å². The number of carbonyl (C=O) groups excluding carboxylic acids is 1. The summed E-state index contributed by atoms with van der Waals surface area (Å²) in [6.45, 7) is 6.52. The number of hydrogen-bond acceptors (Lipinski definition) is 3. The van der Waals surface area contributed by atoms with Crippen molar-refractivity contribution in [1.29, 1.82) is 0 Å². The van der Waals surface area contributed by atoms with Gasteiger partial charge in [0.05, 0.1) is 21.8 Å². The van der Waals surface area contributed by atoms with Gasteiger partial charge in [0.15, 0.2) is 5.13 Å². The summed E-state index contributed by atoms with van der Waals surface area (Å²) in [4.78, 5) is 20.1. The van der Waals surface area contributed by atoms with Crippen molar-refractivity contribution < 1.29 is 4.79 Å². The third kappa shape index (κ3) is 3.91. The van der Waals surface area contributed by atoms with Crippen molar-refractivity contribution >= 4 is 44.2 Å². The van der Waals surface area contributed by atoms with E-state index in [0.717, 1.165) is 26.9 Å². The zero-order valence-corrected chi connectivity index (χ0v) is 18.1. The molecule has 4 aromatic rings. The summed E-state index contributed by atoms with van der Waals surface area (Å²) in [6, 6.07) is 19.6. The average Bonchev–Trinajstić information content (AvgIpc) is 3.18. The van der Waals surface area contributed by atoms with Gasteiger partial charge >= 0.3 is 0 Å². The highest BCUT2D eigenvalue weighted by Crippen LogP contribution is 2.36. The quantitative estimate of drug-likeness (QED) is 0.367. The maximum atomic E-state index is 13.5. The fraction of sp³-hybridized carbons (Fsp3) is 0.167.